The van der Waals surface area contributed by atoms with Crippen molar-refractivity contribution >= 4 is 11.8 Å². The van der Waals surface area contributed by atoms with Crippen LogP contribution < -0.4 is 9.47 Å². The summed E-state index contributed by atoms with van der Waals surface area (Å²) in [6.45, 7) is 8.70. The van der Waals surface area contributed by atoms with Gasteiger partial charge in [-0.1, -0.05) is 72.6 Å². The van der Waals surface area contributed by atoms with E-state index in [0.29, 0.717) is 43.1 Å². The highest BCUT2D eigenvalue weighted by Gasteiger charge is 2.65. The number of carbonyl (C=O) groups excluding carboxylic acids is 1. The number of allylic oxidation sites excluding steroid dienone is 1. The van der Waals surface area contributed by atoms with E-state index in [0.717, 1.165) is 53.7 Å². The van der Waals surface area contributed by atoms with Gasteiger partial charge in [0.1, 0.15) is 29.9 Å². The second-order valence-corrected chi connectivity index (χ2v) is 14.5. The summed E-state index contributed by atoms with van der Waals surface area (Å²) in [5, 5.41) is 24.3. The van der Waals surface area contributed by atoms with Crippen molar-refractivity contribution in [1.29, 1.82) is 0 Å². The van der Waals surface area contributed by atoms with Crippen LogP contribution in [0.15, 0.2) is 102 Å². The predicted octanol–water partition coefficient (Wildman–Crippen LogP) is 8.89. The van der Waals surface area contributed by atoms with E-state index in [1.54, 1.807) is 24.9 Å². The van der Waals surface area contributed by atoms with Gasteiger partial charge in [0.15, 0.2) is 0 Å². The highest BCUT2D eigenvalue weighted by atomic mass is 16.7. The summed E-state index contributed by atoms with van der Waals surface area (Å²) in [6.07, 6.45) is 8.65. The van der Waals surface area contributed by atoms with E-state index in [1.165, 1.54) is 0 Å². The molecule has 1 amide bonds. The number of benzene rings is 3. The molecule has 2 aliphatic carbocycles. The smallest absolute Gasteiger partial charge is 0.409 e. The molecule has 1 fully saturated rings. The molecule has 3 aromatic rings. The van der Waals surface area contributed by atoms with Crippen LogP contribution in [0.5, 0.6) is 17.2 Å². The lowest BCUT2D eigenvalue weighted by molar-refractivity contribution is -0.253. The Hall–Kier alpha value is -4.64. The standard InChI is InChI=1S/C45H56N2O8/c1-5-27-52-45-41(47(4)44(50)51-6-2)30-39(46-53-7-3)37-28-33(17-11-13-25-48)36(18-12-14-26-49)42(43(37)45)38-29-35(23-24-40(38)55-45)54-34-21-19-32(20-22-34)31-15-9-8-10-16-31/h5,8-10,15-16,19-24,28-29,33,36,41-43,48-49H,1,6-7,11-14,17-18,25-27,30H2,2-4H3/t33-,36+,41-,42+,43+,45+/m0/s1. The Morgan fingerprint density at radius 2 is 1.65 bits per heavy atom. The number of rotatable bonds is 18. The van der Waals surface area contributed by atoms with Gasteiger partial charge in [-0.05, 0) is 98.4 Å². The van der Waals surface area contributed by atoms with Gasteiger partial charge in [0.25, 0.3) is 0 Å². The molecule has 0 bridgehead atoms. The second kappa shape index (κ2) is 18.8. The van der Waals surface area contributed by atoms with Crippen LogP contribution in [-0.2, 0) is 14.3 Å². The van der Waals surface area contributed by atoms with Crippen LogP contribution in [0.25, 0.3) is 11.1 Å². The predicted molar refractivity (Wildman–Crippen MR) is 213 cm³/mol. The van der Waals surface area contributed by atoms with Crippen LogP contribution in [0.1, 0.15) is 70.3 Å². The molecule has 0 aromatic heterocycles. The van der Waals surface area contributed by atoms with Gasteiger partial charge in [-0.15, -0.1) is 6.58 Å². The number of carbonyl (C=O) groups is 1. The minimum Gasteiger partial charge on any atom is -0.459 e. The second-order valence-electron chi connectivity index (χ2n) is 14.5. The maximum Gasteiger partial charge on any atom is 0.409 e. The van der Waals surface area contributed by atoms with Crippen molar-refractivity contribution in [2.24, 2.45) is 22.9 Å². The molecule has 294 valence electrons. The Balaban J connectivity index is 1.51. The fourth-order valence-electron chi connectivity index (χ4n) is 8.77. The van der Waals surface area contributed by atoms with Gasteiger partial charge < -0.3 is 38.9 Å². The zero-order valence-electron chi connectivity index (χ0n) is 32.4. The van der Waals surface area contributed by atoms with Crippen LogP contribution in [0, 0.1) is 17.8 Å². The first-order chi connectivity index (χ1) is 26.9. The minimum absolute atomic E-state index is 0.105. The van der Waals surface area contributed by atoms with E-state index in [9.17, 15) is 15.0 Å². The maximum absolute atomic E-state index is 13.5. The highest BCUT2D eigenvalue weighted by molar-refractivity contribution is 6.02. The van der Waals surface area contributed by atoms with E-state index in [-0.39, 0.29) is 44.2 Å². The van der Waals surface area contributed by atoms with E-state index in [4.69, 9.17) is 28.9 Å². The third kappa shape index (κ3) is 8.62. The quantitative estimate of drug-likeness (QED) is 0.0752. The lowest BCUT2D eigenvalue weighted by atomic mass is 9.55. The maximum atomic E-state index is 13.5. The summed E-state index contributed by atoms with van der Waals surface area (Å²) in [5.41, 5.74) is 4.96. The zero-order chi connectivity index (χ0) is 38.8. The SMILES string of the molecule is C=CCO[C@@]12Oc3ccc(Oc4ccc(-c5ccccc5)cc4)cc3[C@H]3[C@H](CCCCO)[C@@H](CCCCO)C=C(C(=NOCC)C[C@@H]1N(C)C(=O)OCC)[C@H]32. The Morgan fingerprint density at radius 1 is 0.945 bits per heavy atom. The molecule has 1 saturated carbocycles. The molecule has 6 rings (SSSR count). The number of fused-ring (bicyclic) bond motifs is 2. The van der Waals surface area contributed by atoms with Crippen molar-refractivity contribution in [1.82, 2.24) is 4.90 Å². The summed E-state index contributed by atoms with van der Waals surface area (Å²) >= 11 is 0. The van der Waals surface area contributed by atoms with Crippen LogP contribution >= 0.6 is 0 Å². The average Bonchev–Trinajstić information content (AvgIpc) is 3.21. The van der Waals surface area contributed by atoms with Crippen molar-refractivity contribution in [3.8, 4) is 28.4 Å². The molecule has 10 heteroatoms. The van der Waals surface area contributed by atoms with Crippen LogP contribution in [-0.4, -0.2) is 78.8 Å². The zero-order valence-corrected chi connectivity index (χ0v) is 32.4. The third-order valence-corrected chi connectivity index (χ3v) is 11.2. The van der Waals surface area contributed by atoms with Gasteiger partial charge in [-0.25, -0.2) is 4.79 Å². The van der Waals surface area contributed by atoms with Crippen molar-refractivity contribution in [3.63, 3.8) is 0 Å². The molecule has 0 radical (unpaired) electrons. The number of aliphatic hydroxyl groups is 2. The highest BCUT2D eigenvalue weighted by Crippen LogP contribution is 2.62. The van der Waals surface area contributed by atoms with Crippen molar-refractivity contribution in [2.45, 2.75) is 76.5 Å². The number of nitrogens with zero attached hydrogens (tertiary/aromatic N) is 2. The third-order valence-electron chi connectivity index (χ3n) is 11.2. The molecule has 3 aliphatic rings. The summed E-state index contributed by atoms with van der Waals surface area (Å²) in [7, 11) is 1.72. The molecule has 6 atom stereocenters. The monoisotopic (exact) mass is 752 g/mol. The van der Waals surface area contributed by atoms with Crippen molar-refractivity contribution < 1.29 is 38.8 Å². The van der Waals surface area contributed by atoms with E-state index >= 15 is 0 Å². The van der Waals surface area contributed by atoms with Gasteiger partial charge in [-0.3, -0.25) is 0 Å². The summed E-state index contributed by atoms with van der Waals surface area (Å²) < 4.78 is 26.1. The number of amides is 1. The van der Waals surface area contributed by atoms with Gasteiger partial charge in [0.2, 0.25) is 5.79 Å². The average molecular weight is 753 g/mol. The Kier molecular flexibility index (Phi) is 13.7. The first-order valence-electron chi connectivity index (χ1n) is 19.8. The van der Waals surface area contributed by atoms with Gasteiger partial charge in [-0.2, -0.15) is 0 Å². The van der Waals surface area contributed by atoms with Crippen LogP contribution in [0.4, 0.5) is 4.79 Å². The number of unbranched alkanes of at least 4 members (excludes halogenated alkanes) is 2. The number of oxime groups is 1. The molecule has 1 heterocycles. The van der Waals surface area contributed by atoms with Crippen LogP contribution in [0.2, 0.25) is 0 Å². The molecule has 10 nitrogen and oxygen atoms in total. The number of hydrogen-bond acceptors (Lipinski definition) is 9. The van der Waals surface area contributed by atoms with E-state index < -0.39 is 23.8 Å². The Morgan fingerprint density at radius 3 is 2.35 bits per heavy atom. The molecule has 2 N–H and O–H groups in total. The molecule has 3 aromatic carbocycles. The van der Waals surface area contributed by atoms with Crippen molar-refractivity contribution in [2.75, 3.05) is 40.1 Å². The minimum atomic E-state index is -1.33. The van der Waals surface area contributed by atoms with Gasteiger partial charge in [0, 0.05) is 38.2 Å². The number of aliphatic hydroxyl groups excluding tert-OH is 2. The summed E-state index contributed by atoms with van der Waals surface area (Å²) in [4.78, 5) is 20.9. The number of hydrogen-bond donors (Lipinski definition) is 2. The van der Waals surface area contributed by atoms with E-state index in [2.05, 4.69) is 43.0 Å². The Labute approximate surface area is 325 Å². The van der Waals surface area contributed by atoms with Gasteiger partial charge in [0.05, 0.1) is 24.8 Å². The fraction of sp³-hybridized carbons (Fsp3) is 0.467. The lowest BCUT2D eigenvalue weighted by Gasteiger charge is -2.59. The number of ether oxygens (including phenoxy) is 4. The van der Waals surface area contributed by atoms with Crippen LogP contribution in [0.3, 0.4) is 0 Å². The molecule has 0 unspecified atom stereocenters. The molecule has 0 saturated heterocycles. The van der Waals surface area contributed by atoms with Gasteiger partial charge >= 0.3 is 6.09 Å². The molecule has 0 spiro atoms. The fourth-order valence-corrected chi connectivity index (χ4v) is 8.77. The molecule has 1 aliphatic heterocycles. The Bertz CT molecular complexity index is 1790. The first kappa shape index (κ1) is 40.0. The molecular weight excluding hydrogens is 697 g/mol. The number of likely N-dealkylation sites (N-methyl/N-ethyl adjacent to an activating group) is 1. The van der Waals surface area contributed by atoms with Crippen molar-refractivity contribution in [3.05, 3.63) is 103 Å². The first-order valence-corrected chi connectivity index (χ1v) is 19.8. The van der Waals surface area contributed by atoms with E-state index in [1.807, 2.05) is 49.4 Å². The summed E-state index contributed by atoms with van der Waals surface area (Å²) in [6, 6.07) is 23.7. The lowest BCUT2D eigenvalue weighted by Crippen LogP contribution is -2.69. The molecule has 55 heavy (non-hydrogen) atoms. The summed E-state index contributed by atoms with van der Waals surface area (Å²) in [5.74, 6) is 0.405. The largest absolute Gasteiger partial charge is 0.459 e. The normalized spacial score (nSPS) is 24.5. The topological polar surface area (TPSA) is 119 Å². The molecular formula is C45H56N2O8.